The summed E-state index contributed by atoms with van der Waals surface area (Å²) >= 11 is 0. The summed E-state index contributed by atoms with van der Waals surface area (Å²) in [5.74, 6) is 1.34. The maximum absolute atomic E-state index is 11.0. The van der Waals surface area contributed by atoms with Crippen molar-refractivity contribution in [3.63, 3.8) is 0 Å². The second-order valence-electron chi connectivity index (χ2n) is 6.15. The van der Waals surface area contributed by atoms with Crippen molar-refractivity contribution in [3.05, 3.63) is 29.8 Å². The molecule has 0 aliphatic heterocycles. The lowest BCUT2D eigenvalue weighted by atomic mass is 9.80. The number of sulfonamides is 1. The molecule has 2 rings (SSSR count). The van der Waals surface area contributed by atoms with Crippen LogP contribution >= 0.6 is 0 Å². The number of anilines is 1. The van der Waals surface area contributed by atoms with Crippen molar-refractivity contribution < 1.29 is 8.42 Å². The molecule has 1 aromatic rings. The molecule has 1 fully saturated rings. The van der Waals surface area contributed by atoms with Crippen molar-refractivity contribution >= 4 is 15.7 Å². The molecule has 0 saturated heterocycles. The van der Waals surface area contributed by atoms with Gasteiger partial charge in [-0.25, -0.2) is 13.6 Å². The molecule has 5 heteroatoms. The predicted octanol–water partition coefficient (Wildman–Crippen LogP) is 2.71. The Balaban J connectivity index is 1.99. The van der Waals surface area contributed by atoms with E-state index in [9.17, 15) is 8.42 Å². The number of benzene rings is 1. The molecule has 3 N–H and O–H groups in total. The zero-order chi connectivity index (χ0) is 14.8. The topological polar surface area (TPSA) is 72.2 Å². The maximum Gasteiger partial charge on any atom is 0.213 e. The summed E-state index contributed by atoms with van der Waals surface area (Å²) in [5.41, 5.74) is 1.78. The number of hydrogen-bond donors (Lipinski definition) is 2. The lowest BCUT2D eigenvalue weighted by molar-refractivity contribution is 0.281. The van der Waals surface area contributed by atoms with Crippen LogP contribution in [0.1, 0.15) is 38.7 Å². The highest BCUT2D eigenvalue weighted by Gasteiger charge is 2.25. The minimum absolute atomic E-state index is 0.107. The molecule has 20 heavy (non-hydrogen) atoms. The van der Waals surface area contributed by atoms with E-state index in [1.54, 1.807) is 0 Å². The average molecular weight is 296 g/mol. The number of rotatable bonds is 4. The maximum atomic E-state index is 11.0. The van der Waals surface area contributed by atoms with E-state index in [2.05, 4.69) is 19.2 Å². The Bertz CT molecular complexity index is 539. The van der Waals surface area contributed by atoms with Gasteiger partial charge in [-0.3, -0.25) is 0 Å². The first-order valence-corrected chi connectivity index (χ1v) is 8.91. The van der Waals surface area contributed by atoms with Crippen LogP contribution in [0.2, 0.25) is 0 Å². The lowest BCUT2D eigenvalue weighted by Crippen LogP contribution is -2.33. The highest BCUT2D eigenvalue weighted by Crippen LogP contribution is 2.30. The molecule has 0 spiro atoms. The van der Waals surface area contributed by atoms with Crippen LogP contribution in [0.3, 0.4) is 0 Å². The van der Waals surface area contributed by atoms with Crippen LogP contribution in [0.15, 0.2) is 24.3 Å². The average Bonchev–Trinajstić information content (AvgIpc) is 2.34. The quantitative estimate of drug-likeness (QED) is 0.897. The van der Waals surface area contributed by atoms with E-state index in [1.165, 1.54) is 19.3 Å². The third-order valence-corrected chi connectivity index (χ3v) is 4.87. The summed E-state index contributed by atoms with van der Waals surface area (Å²) < 4.78 is 22.1. The van der Waals surface area contributed by atoms with Crippen molar-refractivity contribution in [1.82, 2.24) is 0 Å². The number of nitrogens with one attached hydrogen (secondary N) is 1. The van der Waals surface area contributed by atoms with E-state index < -0.39 is 10.0 Å². The summed E-state index contributed by atoms with van der Waals surface area (Å²) in [6.45, 7) is 4.59. The molecule has 3 atom stereocenters. The normalized spacial score (nSPS) is 27.2. The molecular formula is C15H24N2O2S. The molecule has 0 amide bonds. The van der Waals surface area contributed by atoms with E-state index >= 15 is 0 Å². The molecule has 1 aliphatic carbocycles. The van der Waals surface area contributed by atoms with Crippen LogP contribution in [-0.4, -0.2) is 14.5 Å². The molecule has 3 unspecified atom stereocenters. The van der Waals surface area contributed by atoms with Gasteiger partial charge in [0.2, 0.25) is 10.0 Å². The molecule has 1 saturated carbocycles. The van der Waals surface area contributed by atoms with Gasteiger partial charge in [0.25, 0.3) is 0 Å². The second-order valence-corrected chi connectivity index (χ2v) is 7.76. The minimum atomic E-state index is -3.45. The standard InChI is InChI=1S/C15H24N2O2S/c1-11-3-4-12(2)15(9-11)17-14-7-5-13(6-8-14)10-20(16,18)19/h5-8,11-12,15,17H,3-4,9-10H2,1-2H3,(H2,16,18,19). The van der Waals surface area contributed by atoms with Gasteiger partial charge < -0.3 is 5.32 Å². The third kappa shape index (κ3) is 4.49. The Labute approximate surface area is 121 Å². The van der Waals surface area contributed by atoms with Gasteiger partial charge in [0.1, 0.15) is 0 Å². The van der Waals surface area contributed by atoms with Gasteiger partial charge in [0, 0.05) is 11.7 Å². The van der Waals surface area contributed by atoms with Gasteiger partial charge in [0.05, 0.1) is 5.75 Å². The Hall–Kier alpha value is -1.07. The highest BCUT2D eigenvalue weighted by molar-refractivity contribution is 7.88. The summed E-state index contributed by atoms with van der Waals surface area (Å²) in [4.78, 5) is 0. The smallest absolute Gasteiger partial charge is 0.213 e. The van der Waals surface area contributed by atoms with Crippen molar-refractivity contribution in [2.45, 2.75) is 44.9 Å². The summed E-state index contributed by atoms with van der Waals surface area (Å²) in [7, 11) is -3.45. The van der Waals surface area contributed by atoms with E-state index in [0.717, 1.165) is 17.2 Å². The molecule has 0 radical (unpaired) electrons. The first-order valence-electron chi connectivity index (χ1n) is 7.19. The van der Waals surface area contributed by atoms with Crippen molar-refractivity contribution in [3.8, 4) is 0 Å². The molecule has 0 bridgehead atoms. The second kappa shape index (κ2) is 6.14. The van der Waals surface area contributed by atoms with Gasteiger partial charge >= 0.3 is 0 Å². The Morgan fingerprint density at radius 2 is 1.85 bits per heavy atom. The van der Waals surface area contributed by atoms with E-state index in [1.807, 2.05) is 24.3 Å². The van der Waals surface area contributed by atoms with Crippen molar-refractivity contribution in [2.24, 2.45) is 17.0 Å². The zero-order valence-corrected chi connectivity index (χ0v) is 13.0. The van der Waals surface area contributed by atoms with Crippen molar-refractivity contribution in [2.75, 3.05) is 5.32 Å². The summed E-state index contributed by atoms with van der Waals surface area (Å²) in [6, 6.07) is 8.02. The first kappa shape index (κ1) is 15.3. The molecule has 1 aromatic carbocycles. The molecule has 1 aliphatic rings. The van der Waals surface area contributed by atoms with Crippen LogP contribution in [0.4, 0.5) is 5.69 Å². The van der Waals surface area contributed by atoms with E-state index in [0.29, 0.717) is 12.0 Å². The largest absolute Gasteiger partial charge is 0.382 e. The molecular weight excluding hydrogens is 272 g/mol. The fraction of sp³-hybridized carbons (Fsp3) is 0.600. The van der Waals surface area contributed by atoms with Crippen LogP contribution in [0, 0.1) is 11.8 Å². The Kier molecular flexibility index (Phi) is 4.70. The number of nitrogens with two attached hydrogens (primary N) is 1. The minimum Gasteiger partial charge on any atom is -0.382 e. The molecule has 112 valence electrons. The zero-order valence-electron chi connectivity index (χ0n) is 12.2. The first-order chi connectivity index (χ1) is 9.33. The van der Waals surface area contributed by atoms with Gasteiger partial charge in [-0.1, -0.05) is 32.4 Å². The van der Waals surface area contributed by atoms with Crippen LogP contribution < -0.4 is 10.5 Å². The SMILES string of the molecule is CC1CCC(C)C(Nc2ccc(CS(N)(=O)=O)cc2)C1. The molecule has 0 aromatic heterocycles. The van der Waals surface area contributed by atoms with E-state index in [-0.39, 0.29) is 5.75 Å². The summed E-state index contributed by atoms with van der Waals surface area (Å²) in [5, 5.41) is 8.62. The van der Waals surface area contributed by atoms with Gasteiger partial charge in [-0.2, -0.15) is 0 Å². The predicted molar refractivity (Wildman–Crippen MR) is 82.8 cm³/mol. The highest BCUT2D eigenvalue weighted by atomic mass is 32.2. The lowest BCUT2D eigenvalue weighted by Gasteiger charge is -2.34. The van der Waals surface area contributed by atoms with Gasteiger partial charge in [0.15, 0.2) is 0 Å². The Morgan fingerprint density at radius 1 is 1.20 bits per heavy atom. The van der Waals surface area contributed by atoms with Crippen LogP contribution in [0.5, 0.6) is 0 Å². The van der Waals surface area contributed by atoms with Crippen LogP contribution in [-0.2, 0) is 15.8 Å². The van der Waals surface area contributed by atoms with Gasteiger partial charge in [-0.05, 0) is 42.4 Å². The number of primary sulfonamides is 1. The van der Waals surface area contributed by atoms with Crippen LogP contribution in [0.25, 0.3) is 0 Å². The fourth-order valence-corrected chi connectivity index (χ4v) is 3.53. The number of hydrogen-bond acceptors (Lipinski definition) is 3. The third-order valence-electron chi connectivity index (χ3n) is 4.13. The Morgan fingerprint density at radius 3 is 2.45 bits per heavy atom. The summed E-state index contributed by atoms with van der Waals surface area (Å²) in [6.07, 6.45) is 3.77. The van der Waals surface area contributed by atoms with Gasteiger partial charge in [-0.15, -0.1) is 0 Å². The monoisotopic (exact) mass is 296 g/mol. The van der Waals surface area contributed by atoms with E-state index in [4.69, 9.17) is 5.14 Å². The molecule has 4 nitrogen and oxygen atoms in total. The fourth-order valence-electron chi connectivity index (χ4n) is 2.88. The molecule has 0 heterocycles. The van der Waals surface area contributed by atoms with Crippen molar-refractivity contribution in [1.29, 1.82) is 0 Å².